The highest BCUT2D eigenvalue weighted by atomic mass is 16.3. The lowest BCUT2D eigenvalue weighted by molar-refractivity contribution is 0.667. The van der Waals surface area contributed by atoms with Gasteiger partial charge in [-0.2, -0.15) is 0 Å². The number of fused-ring (bicyclic) bond motifs is 9. The lowest BCUT2D eigenvalue weighted by atomic mass is 9.97. The lowest BCUT2D eigenvalue weighted by Crippen LogP contribution is -2.01. The summed E-state index contributed by atoms with van der Waals surface area (Å²) in [7, 11) is 0. The third-order valence-corrected chi connectivity index (χ3v) is 12.5. The highest BCUT2D eigenvalue weighted by molar-refractivity contribution is 6.18. The smallest absolute Gasteiger partial charge is 0.186 e. The SMILES string of the molecule is c1cc(-c2ccc(-n3c4ccccc4c4ccc5ccccc5c43)cc2)cc(-c2nc(-c3ccc(-c4cccc5ccccc45)cc3)nc(-c3nccc4c3oc3ccccc34)n2)c1. The molecule has 0 aliphatic rings. The Labute approximate surface area is 367 Å². The van der Waals surface area contributed by atoms with Gasteiger partial charge in [-0.05, 0) is 74.8 Å². The van der Waals surface area contributed by atoms with Gasteiger partial charge in [-0.15, -0.1) is 0 Å². The second kappa shape index (κ2) is 14.4. The maximum absolute atomic E-state index is 6.45. The van der Waals surface area contributed by atoms with Crippen LogP contribution in [0.4, 0.5) is 0 Å². The van der Waals surface area contributed by atoms with E-state index in [0.29, 0.717) is 28.8 Å². The molecule has 4 aromatic heterocycles. The van der Waals surface area contributed by atoms with E-state index in [2.05, 4.69) is 187 Å². The Morgan fingerprint density at radius 1 is 0.375 bits per heavy atom. The van der Waals surface area contributed by atoms with Crippen molar-refractivity contribution in [1.29, 1.82) is 0 Å². The second-order valence-corrected chi connectivity index (χ2v) is 16.2. The summed E-state index contributed by atoms with van der Waals surface area (Å²) in [5.74, 6) is 1.53. The molecule has 0 aliphatic carbocycles. The molecule has 298 valence electrons. The van der Waals surface area contributed by atoms with Crippen molar-refractivity contribution in [2.75, 3.05) is 0 Å². The van der Waals surface area contributed by atoms with Crippen molar-refractivity contribution in [2.45, 2.75) is 0 Å². The fourth-order valence-corrected chi connectivity index (χ4v) is 9.47. The van der Waals surface area contributed by atoms with E-state index in [1.165, 1.54) is 48.9 Å². The summed E-state index contributed by atoms with van der Waals surface area (Å²) in [5, 5.41) is 9.34. The topological polar surface area (TPSA) is 69.6 Å². The normalized spacial score (nSPS) is 11.8. The number of aromatic nitrogens is 5. The molecule has 13 aromatic rings. The maximum Gasteiger partial charge on any atom is 0.186 e. The van der Waals surface area contributed by atoms with Crippen LogP contribution in [0, 0.1) is 0 Å². The number of rotatable bonds is 6. The summed E-state index contributed by atoms with van der Waals surface area (Å²) in [6, 6.07) is 72.4. The van der Waals surface area contributed by atoms with Crippen LogP contribution in [0.1, 0.15) is 0 Å². The number of para-hydroxylation sites is 2. The van der Waals surface area contributed by atoms with Crippen LogP contribution >= 0.6 is 0 Å². The fraction of sp³-hybridized carbons (Fsp3) is 0. The van der Waals surface area contributed by atoms with Gasteiger partial charge in [-0.3, -0.25) is 0 Å². The first-order valence-electron chi connectivity index (χ1n) is 21.5. The molecule has 0 unspecified atom stereocenters. The largest absolute Gasteiger partial charge is 0.454 e. The quantitative estimate of drug-likeness (QED) is 0.167. The van der Waals surface area contributed by atoms with Gasteiger partial charge in [0.1, 0.15) is 5.58 Å². The Morgan fingerprint density at radius 2 is 1.00 bits per heavy atom. The summed E-state index contributed by atoms with van der Waals surface area (Å²) in [6.45, 7) is 0. The van der Waals surface area contributed by atoms with Crippen molar-refractivity contribution in [2.24, 2.45) is 0 Å². The molecule has 0 bridgehead atoms. The van der Waals surface area contributed by atoms with Crippen LogP contribution in [0.3, 0.4) is 0 Å². The molecule has 0 N–H and O–H groups in total. The molecule has 64 heavy (non-hydrogen) atoms. The molecule has 0 atom stereocenters. The van der Waals surface area contributed by atoms with Crippen molar-refractivity contribution in [3.05, 3.63) is 212 Å². The third-order valence-electron chi connectivity index (χ3n) is 12.5. The molecular weight excluding hydrogens is 783 g/mol. The van der Waals surface area contributed by atoms with Crippen LogP contribution < -0.4 is 0 Å². The van der Waals surface area contributed by atoms with Crippen molar-refractivity contribution >= 4 is 65.3 Å². The first-order valence-corrected chi connectivity index (χ1v) is 21.5. The summed E-state index contributed by atoms with van der Waals surface area (Å²) >= 11 is 0. The Balaban J connectivity index is 0.925. The van der Waals surface area contributed by atoms with Gasteiger partial charge in [0.2, 0.25) is 0 Å². The minimum atomic E-state index is 0.441. The Morgan fingerprint density at radius 3 is 1.84 bits per heavy atom. The zero-order valence-electron chi connectivity index (χ0n) is 34.4. The number of hydrogen-bond donors (Lipinski definition) is 0. The van der Waals surface area contributed by atoms with Gasteiger partial charge in [0, 0.05) is 49.9 Å². The highest BCUT2D eigenvalue weighted by Gasteiger charge is 2.20. The van der Waals surface area contributed by atoms with Crippen LogP contribution in [-0.4, -0.2) is 24.5 Å². The van der Waals surface area contributed by atoms with Crippen LogP contribution in [0.5, 0.6) is 0 Å². The minimum absolute atomic E-state index is 0.441. The van der Waals surface area contributed by atoms with E-state index in [1.54, 1.807) is 6.20 Å². The van der Waals surface area contributed by atoms with E-state index >= 15 is 0 Å². The number of nitrogens with zero attached hydrogens (tertiary/aromatic N) is 5. The number of pyridine rings is 1. The van der Waals surface area contributed by atoms with E-state index < -0.39 is 0 Å². The lowest BCUT2D eigenvalue weighted by Gasteiger charge is -2.12. The van der Waals surface area contributed by atoms with E-state index in [9.17, 15) is 0 Å². The Bertz CT molecular complexity index is 3950. The second-order valence-electron chi connectivity index (χ2n) is 16.2. The van der Waals surface area contributed by atoms with Crippen LogP contribution in [-0.2, 0) is 0 Å². The molecule has 0 saturated carbocycles. The van der Waals surface area contributed by atoms with Gasteiger partial charge in [0.25, 0.3) is 0 Å². The van der Waals surface area contributed by atoms with Crippen LogP contribution in [0.25, 0.3) is 128 Å². The van der Waals surface area contributed by atoms with Gasteiger partial charge >= 0.3 is 0 Å². The molecule has 0 saturated heterocycles. The fourth-order valence-electron chi connectivity index (χ4n) is 9.47. The molecule has 0 aliphatic heterocycles. The van der Waals surface area contributed by atoms with Gasteiger partial charge in [-0.25, -0.2) is 19.9 Å². The predicted molar refractivity (Wildman–Crippen MR) is 261 cm³/mol. The van der Waals surface area contributed by atoms with Crippen molar-refractivity contribution in [3.8, 4) is 62.2 Å². The average Bonchev–Trinajstić information content (AvgIpc) is 3.93. The summed E-state index contributed by atoms with van der Waals surface area (Å²) in [5.41, 5.74) is 11.7. The van der Waals surface area contributed by atoms with E-state index in [-0.39, 0.29) is 0 Å². The van der Waals surface area contributed by atoms with Gasteiger partial charge in [-0.1, -0.05) is 170 Å². The molecule has 9 aromatic carbocycles. The third kappa shape index (κ3) is 5.81. The molecule has 6 nitrogen and oxygen atoms in total. The summed E-state index contributed by atoms with van der Waals surface area (Å²) in [6.07, 6.45) is 1.80. The van der Waals surface area contributed by atoms with E-state index in [0.717, 1.165) is 49.9 Å². The Kier molecular flexibility index (Phi) is 8.11. The first kappa shape index (κ1) is 36.0. The molecule has 0 spiro atoms. The summed E-state index contributed by atoms with van der Waals surface area (Å²) < 4.78 is 8.84. The molecule has 13 rings (SSSR count). The predicted octanol–water partition coefficient (Wildman–Crippen LogP) is 14.9. The molecule has 4 heterocycles. The molecule has 0 fully saturated rings. The maximum atomic E-state index is 6.45. The number of furan rings is 1. The molecule has 6 heteroatoms. The zero-order valence-corrected chi connectivity index (χ0v) is 34.4. The van der Waals surface area contributed by atoms with Gasteiger partial charge in [0.15, 0.2) is 28.8 Å². The van der Waals surface area contributed by atoms with E-state index in [4.69, 9.17) is 24.4 Å². The zero-order chi connectivity index (χ0) is 42.1. The molecule has 0 amide bonds. The van der Waals surface area contributed by atoms with Crippen molar-refractivity contribution < 1.29 is 4.42 Å². The highest BCUT2D eigenvalue weighted by Crippen LogP contribution is 2.39. The van der Waals surface area contributed by atoms with Gasteiger partial charge in [0.05, 0.1) is 11.0 Å². The molecule has 0 radical (unpaired) electrons. The average molecular weight is 818 g/mol. The van der Waals surface area contributed by atoms with Gasteiger partial charge < -0.3 is 8.98 Å². The number of hydrogen-bond acceptors (Lipinski definition) is 5. The minimum Gasteiger partial charge on any atom is -0.454 e. The first-order chi connectivity index (χ1) is 31.7. The number of benzene rings is 9. The van der Waals surface area contributed by atoms with E-state index in [1.807, 2.05) is 24.3 Å². The standard InChI is InChI=1S/C58H35N5O/c1-3-16-44-37(11-1)13-10-20-45(44)39-23-25-40(26-24-39)56-60-57(62-58(61-56)53-55-50(33-34-59-53)48-19-6-8-22-52(48)64-55)42-15-9-14-41(35-42)36-27-30-43(31-28-36)63-51-21-7-5-18-47(51)49-32-29-38-12-2-4-17-46(38)54(49)63/h1-35H. The van der Waals surface area contributed by atoms with Crippen LogP contribution in [0.2, 0.25) is 0 Å². The Hall–Kier alpha value is -8.74. The van der Waals surface area contributed by atoms with Crippen molar-refractivity contribution in [1.82, 2.24) is 24.5 Å². The summed E-state index contributed by atoms with van der Waals surface area (Å²) in [4.78, 5) is 20.2. The molecular formula is C58H35N5O. The monoisotopic (exact) mass is 817 g/mol. The van der Waals surface area contributed by atoms with Crippen molar-refractivity contribution in [3.63, 3.8) is 0 Å². The van der Waals surface area contributed by atoms with Crippen LogP contribution in [0.15, 0.2) is 217 Å².